The fourth-order valence-corrected chi connectivity index (χ4v) is 2.69. The van der Waals surface area contributed by atoms with Gasteiger partial charge in [0, 0.05) is 25.1 Å². The number of amides is 1. The number of hydrogen-bond acceptors (Lipinski definition) is 5. The third kappa shape index (κ3) is 4.09. The second-order valence-electron chi connectivity index (χ2n) is 5.90. The van der Waals surface area contributed by atoms with Crippen LogP contribution < -0.4 is 16.4 Å². The lowest BCUT2D eigenvalue weighted by atomic mass is 10.2. The molecule has 9 nitrogen and oxygen atoms in total. The summed E-state index contributed by atoms with van der Waals surface area (Å²) in [7, 11) is 0. The van der Waals surface area contributed by atoms with Gasteiger partial charge in [-0.15, -0.1) is 0 Å². The van der Waals surface area contributed by atoms with Crippen LogP contribution in [-0.4, -0.2) is 20.6 Å². The number of nitro benzene ring substituents is 1. The summed E-state index contributed by atoms with van der Waals surface area (Å²) in [4.78, 5) is 46.7. The van der Waals surface area contributed by atoms with E-state index in [0.717, 1.165) is 4.68 Å². The maximum atomic E-state index is 12.4. The standard InChI is InChI=1S/C18H16N4O5/c23-16(19-11-12-4-3-5-13(10-12)22(26)27)8-9-21-18(25)15-7-2-1-6-14(15)17(24)20-21/h1-7,10H,8-9,11H2,(H,19,23)(H,20,24). The van der Waals surface area contributed by atoms with Gasteiger partial charge in [0.15, 0.2) is 0 Å². The van der Waals surface area contributed by atoms with Crippen LogP contribution in [0.1, 0.15) is 12.0 Å². The molecular formula is C18H16N4O5. The first-order valence-electron chi connectivity index (χ1n) is 8.17. The smallest absolute Gasteiger partial charge is 0.273 e. The number of benzene rings is 2. The zero-order valence-corrected chi connectivity index (χ0v) is 14.2. The molecule has 0 radical (unpaired) electrons. The van der Waals surface area contributed by atoms with Crippen molar-refractivity contribution in [2.75, 3.05) is 0 Å². The van der Waals surface area contributed by atoms with Crippen LogP contribution >= 0.6 is 0 Å². The van der Waals surface area contributed by atoms with Crippen LogP contribution in [0.15, 0.2) is 58.1 Å². The van der Waals surface area contributed by atoms with Crippen molar-refractivity contribution in [2.24, 2.45) is 0 Å². The van der Waals surface area contributed by atoms with E-state index < -0.39 is 10.5 Å². The molecule has 138 valence electrons. The molecule has 0 unspecified atom stereocenters. The highest BCUT2D eigenvalue weighted by molar-refractivity contribution is 5.80. The molecule has 0 saturated carbocycles. The molecule has 27 heavy (non-hydrogen) atoms. The van der Waals surface area contributed by atoms with Gasteiger partial charge in [0.2, 0.25) is 5.91 Å². The predicted molar refractivity (Wildman–Crippen MR) is 98.4 cm³/mol. The molecule has 0 bridgehead atoms. The fourth-order valence-electron chi connectivity index (χ4n) is 2.69. The first-order valence-corrected chi connectivity index (χ1v) is 8.17. The number of rotatable bonds is 6. The molecule has 3 aromatic rings. The molecule has 2 N–H and O–H groups in total. The number of aryl methyl sites for hydroxylation is 1. The van der Waals surface area contributed by atoms with E-state index in [2.05, 4.69) is 10.4 Å². The highest BCUT2D eigenvalue weighted by Gasteiger charge is 2.10. The number of nitro groups is 1. The van der Waals surface area contributed by atoms with Gasteiger partial charge in [0.05, 0.1) is 22.2 Å². The van der Waals surface area contributed by atoms with Gasteiger partial charge in [-0.3, -0.25) is 29.6 Å². The molecule has 0 spiro atoms. The molecule has 0 aliphatic carbocycles. The Morgan fingerprint density at radius 2 is 1.85 bits per heavy atom. The molecule has 9 heteroatoms. The minimum absolute atomic E-state index is 0.0136. The molecule has 1 aromatic heterocycles. The molecule has 1 heterocycles. The Morgan fingerprint density at radius 3 is 2.59 bits per heavy atom. The number of aromatic nitrogens is 2. The third-order valence-corrected chi connectivity index (χ3v) is 4.06. The second kappa shape index (κ2) is 7.65. The zero-order chi connectivity index (χ0) is 19.4. The van der Waals surface area contributed by atoms with Crippen LogP contribution in [0.4, 0.5) is 5.69 Å². The highest BCUT2D eigenvalue weighted by Crippen LogP contribution is 2.12. The molecule has 3 rings (SSSR count). The summed E-state index contributed by atoms with van der Waals surface area (Å²) in [6.07, 6.45) is -0.0247. The van der Waals surface area contributed by atoms with E-state index >= 15 is 0 Å². The Bertz CT molecular complexity index is 1130. The van der Waals surface area contributed by atoms with Crippen molar-refractivity contribution >= 4 is 22.4 Å². The summed E-state index contributed by atoms with van der Waals surface area (Å²) in [6.45, 7) is 0.142. The summed E-state index contributed by atoms with van der Waals surface area (Å²) in [5, 5.41) is 16.4. The average Bonchev–Trinajstić information content (AvgIpc) is 2.68. The molecular weight excluding hydrogens is 352 g/mol. The van der Waals surface area contributed by atoms with Gasteiger partial charge < -0.3 is 5.32 Å². The Kier molecular flexibility index (Phi) is 5.11. The molecule has 0 aliphatic heterocycles. The van der Waals surface area contributed by atoms with Crippen LogP contribution in [0.25, 0.3) is 10.8 Å². The molecule has 0 fully saturated rings. The lowest BCUT2D eigenvalue weighted by Crippen LogP contribution is -2.32. The van der Waals surface area contributed by atoms with Crippen molar-refractivity contribution in [2.45, 2.75) is 19.5 Å². The number of non-ortho nitro benzene ring substituents is 1. The quantitative estimate of drug-likeness (QED) is 0.501. The Hall–Kier alpha value is -3.75. The van der Waals surface area contributed by atoms with E-state index in [1.54, 1.807) is 36.4 Å². The number of nitrogens with zero attached hydrogens (tertiary/aromatic N) is 2. The zero-order valence-electron chi connectivity index (χ0n) is 14.2. The first kappa shape index (κ1) is 18.1. The van der Waals surface area contributed by atoms with Crippen molar-refractivity contribution in [3.05, 3.63) is 84.9 Å². The van der Waals surface area contributed by atoms with Crippen LogP contribution in [0.2, 0.25) is 0 Å². The lowest BCUT2D eigenvalue weighted by molar-refractivity contribution is -0.384. The summed E-state index contributed by atoms with van der Waals surface area (Å²) in [5.41, 5.74) is -0.241. The van der Waals surface area contributed by atoms with Crippen molar-refractivity contribution in [3.63, 3.8) is 0 Å². The number of H-pyrrole nitrogens is 1. The van der Waals surface area contributed by atoms with E-state index in [9.17, 15) is 24.5 Å². The van der Waals surface area contributed by atoms with E-state index in [0.29, 0.717) is 16.3 Å². The van der Waals surface area contributed by atoms with Gasteiger partial charge in [-0.05, 0) is 17.7 Å². The molecule has 0 saturated heterocycles. The van der Waals surface area contributed by atoms with Gasteiger partial charge in [-0.2, -0.15) is 0 Å². The van der Waals surface area contributed by atoms with E-state index in [1.807, 2.05) is 0 Å². The highest BCUT2D eigenvalue weighted by atomic mass is 16.6. The first-order chi connectivity index (χ1) is 13.0. The van der Waals surface area contributed by atoms with Crippen molar-refractivity contribution in [3.8, 4) is 0 Å². The number of carbonyl (C=O) groups excluding carboxylic acids is 1. The van der Waals surface area contributed by atoms with E-state index in [1.165, 1.54) is 12.1 Å². The third-order valence-electron chi connectivity index (χ3n) is 4.06. The van der Waals surface area contributed by atoms with Crippen LogP contribution in [-0.2, 0) is 17.9 Å². The van der Waals surface area contributed by atoms with Crippen molar-refractivity contribution < 1.29 is 9.72 Å². The number of fused-ring (bicyclic) bond motifs is 1. The lowest BCUT2D eigenvalue weighted by Gasteiger charge is -2.08. The molecule has 1 amide bonds. The van der Waals surface area contributed by atoms with Crippen molar-refractivity contribution in [1.29, 1.82) is 0 Å². The number of aromatic amines is 1. The van der Waals surface area contributed by atoms with Crippen LogP contribution in [0.3, 0.4) is 0 Å². The van der Waals surface area contributed by atoms with Crippen LogP contribution in [0, 0.1) is 10.1 Å². The molecule has 0 atom stereocenters. The van der Waals surface area contributed by atoms with Crippen molar-refractivity contribution in [1.82, 2.24) is 15.1 Å². The predicted octanol–water partition coefficient (Wildman–Crippen LogP) is 1.30. The van der Waals surface area contributed by atoms with E-state index in [4.69, 9.17) is 0 Å². The maximum absolute atomic E-state index is 12.4. The largest absolute Gasteiger partial charge is 0.352 e. The molecule has 2 aromatic carbocycles. The topological polar surface area (TPSA) is 127 Å². The summed E-state index contributed by atoms with van der Waals surface area (Å²) >= 11 is 0. The van der Waals surface area contributed by atoms with Gasteiger partial charge in [0.1, 0.15) is 0 Å². The van der Waals surface area contributed by atoms with Gasteiger partial charge >= 0.3 is 0 Å². The Labute approximate surface area is 152 Å². The minimum Gasteiger partial charge on any atom is -0.352 e. The normalized spacial score (nSPS) is 10.7. The SMILES string of the molecule is O=C(CCn1[nH]c(=O)c2ccccc2c1=O)NCc1cccc([N+](=O)[O-])c1. The second-order valence-corrected chi connectivity index (χ2v) is 5.90. The van der Waals surface area contributed by atoms with Crippen LogP contribution in [0.5, 0.6) is 0 Å². The number of carbonyl (C=O) groups is 1. The van der Waals surface area contributed by atoms with Gasteiger partial charge in [0.25, 0.3) is 16.8 Å². The minimum atomic E-state index is -0.506. The van der Waals surface area contributed by atoms with E-state index in [-0.39, 0.29) is 36.7 Å². The maximum Gasteiger partial charge on any atom is 0.273 e. The fraction of sp³-hybridized carbons (Fsp3) is 0.167. The summed E-state index contributed by atoms with van der Waals surface area (Å²) in [6, 6.07) is 12.4. The average molecular weight is 368 g/mol. The number of nitrogens with one attached hydrogen (secondary N) is 2. The summed E-state index contributed by atoms with van der Waals surface area (Å²) in [5.74, 6) is -0.345. The van der Waals surface area contributed by atoms with Gasteiger partial charge in [-0.25, -0.2) is 4.68 Å². The number of hydrogen-bond donors (Lipinski definition) is 2. The summed E-state index contributed by atoms with van der Waals surface area (Å²) < 4.78 is 1.11. The molecule has 0 aliphatic rings. The monoisotopic (exact) mass is 368 g/mol. The van der Waals surface area contributed by atoms with Gasteiger partial charge in [-0.1, -0.05) is 24.3 Å². The Morgan fingerprint density at radius 1 is 1.11 bits per heavy atom. The Balaban J connectivity index is 1.65.